The maximum atomic E-state index is 11.1. The zero-order valence-electron chi connectivity index (χ0n) is 10.4. The van der Waals surface area contributed by atoms with E-state index in [1.54, 1.807) is 18.3 Å². The third-order valence-electron chi connectivity index (χ3n) is 3.54. The first-order valence-electron chi connectivity index (χ1n) is 6.21. The van der Waals surface area contributed by atoms with Crippen molar-refractivity contribution in [2.75, 3.05) is 18.0 Å². The first-order chi connectivity index (χ1) is 8.59. The second-order valence-corrected chi connectivity index (χ2v) is 4.74. The van der Waals surface area contributed by atoms with Gasteiger partial charge in [0.05, 0.1) is 6.10 Å². The van der Waals surface area contributed by atoms with Gasteiger partial charge in [-0.25, -0.2) is 9.78 Å². The molecular weight excluding hydrogens is 232 g/mol. The minimum absolute atomic E-state index is 0.244. The first kappa shape index (κ1) is 12.8. The van der Waals surface area contributed by atoms with Crippen molar-refractivity contribution < 1.29 is 15.0 Å². The fourth-order valence-corrected chi connectivity index (χ4v) is 2.41. The number of rotatable bonds is 3. The van der Waals surface area contributed by atoms with Crippen molar-refractivity contribution in [1.29, 1.82) is 0 Å². The van der Waals surface area contributed by atoms with Gasteiger partial charge in [0.2, 0.25) is 0 Å². The molecule has 0 aromatic carbocycles. The van der Waals surface area contributed by atoms with E-state index in [0.29, 0.717) is 11.7 Å². The molecule has 18 heavy (non-hydrogen) atoms. The van der Waals surface area contributed by atoms with Gasteiger partial charge in [0.15, 0.2) is 0 Å². The molecule has 0 aliphatic carbocycles. The summed E-state index contributed by atoms with van der Waals surface area (Å²) in [5.74, 6) is -0.108. The number of nitrogens with zero attached hydrogens (tertiary/aromatic N) is 2. The Hall–Kier alpha value is -1.62. The van der Waals surface area contributed by atoms with Crippen molar-refractivity contribution in [2.45, 2.75) is 25.9 Å². The number of anilines is 1. The molecule has 1 atom stereocenters. The van der Waals surface area contributed by atoms with Gasteiger partial charge in [-0.1, -0.05) is 0 Å². The lowest BCUT2D eigenvalue weighted by atomic mass is 9.92. The van der Waals surface area contributed by atoms with Crippen LogP contribution in [0.1, 0.15) is 30.1 Å². The fraction of sp³-hybridized carbons (Fsp3) is 0.538. The lowest BCUT2D eigenvalue weighted by Gasteiger charge is -2.34. The third kappa shape index (κ3) is 2.61. The molecule has 1 aliphatic rings. The molecule has 98 valence electrons. The zero-order valence-corrected chi connectivity index (χ0v) is 10.4. The van der Waals surface area contributed by atoms with E-state index in [2.05, 4.69) is 4.98 Å². The maximum Gasteiger partial charge on any atom is 0.339 e. The SMILES string of the molecule is CC(O)C1CCN(c2ncccc2C(=O)O)CC1. The Bertz CT molecular complexity index is 426. The average Bonchev–Trinajstić information content (AvgIpc) is 2.39. The molecule has 1 saturated heterocycles. The molecular formula is C13H18N2O3. The van der Waals surface area contributed by atoms with E-state index in [-0.39, 0.29) is 11.7 Å². The van der Waals surface area contributed by atoms with Crippen molar-refractivity contribution in [2.24, 2.45) is 5.92 Å². The van der Waals surface area contributed by atoms with Crippen LogP contribution in [0, 0.1) is 5.92 Å². The van der Waals surface area contributed by atoms with E-state index in [1.165, 1.54) is 0 Å². The Balaban J connectivity index is 2.12. The van der Waals surface area contributed by atoms with Crippen LogP contribution in [-0.4, -0.2) is 40.4 Å². The van der Waals surface area contributed by atoms with Gasteiger partial charge in [-0.2, -0.15) is 0 Å². The van der Waals surface area contributed by atoms with Crippen LogP contribution in [0.3, 0.4) is 0 Å². The van der Waals surface area contributed by atoms with E-state index in [4.69, 9.17) is 5.11 Å². The van der Waals surface area contributed by atoms with Crippen molar-refractivity contribution >= 4 is 11.8 Å². The van der Waals surface area contributed by atoms with Crippen molar-refractivity contribution in [3.8, 4) is 0 Å². The molecule has 2 N–H and O–H groups in total. The second-order valence-electron chi connectivity index (χ2n) is 4.74. The van der Waals surface area contributed by atoms with Crippen LogP contribution in [0.2, 0.25) is 0 Å². The second kappa shape index (κ2) is 5.35. The number of aromatic nitrogens is 1. The van der Waals surface area contributed by atoms with Crippen molar-refractivity contribution in [3.05, 3.63) is 23.9 Å². The number of hydrogen-bond acceptors (Lipinski definition) is 4. The molecule has 2 rings (SSSR count). The number of piperidine rings is 1. The van der Waals surface area contributed by atoms with Crippen molar-refractivity contribution in [1.82, 2.24) is 4.98 Å². The van der Waals surface area contributed by atoms with Crippen LogP contribution in [0.5, 0.6) is 0 Å². The minimum Gasteiger partial charge on any atom is -0.478 e. The number of aliphatic hydroxyl groups excluding tert-OH is 1. The molecule has 1 aromatic heterocycles. The van der Waals surface area contributed by atoms with Gasteiger partial charge in [0, 0.05) is 19.3 Å². The number of carbonyl (C=O) groups is 1. The normalized spacial score (nSPS) is 18.7. The molecule has 5 heteroatoms. The van der Waals surface area contributed by atoms with E-state index in [9.17, 15) is 9.90 Å². The topological polar surface area (TPSA) is 73.7 Å². The highest BCUT2D eigenvalue weighted by Crippen LogP contribution is 2.26. The molecule has 0 bridgehead atoms. The van der Waals surface area contributed by atoms with E-state index in [1.807, 2.05) is 11.8 Å². The largest absolute Gasteiger partial charge is 0.478 e. The van der Waals surface area contributed by atoms with Crippen molar-refractivity contribution in [3.63, 3.8) is 0 Å². The quantitative estimate of drug-likeness (QED) is 0.847. The predicted molar refractivity (Wildman–Crippen MR) is 67.8 cm³/mol. The van der Waals surface area contributed by atoms with Crippen LogP contribution in [0.25, 0.3) is 0 Å². The summed E-state index contributed by atoms with van der Waals surface area (Å²) in [5.41, 5.74) is 0.244. The smallest absolute Gasteiger partial charge is 0.339 e. The summed E-state index contributed by atoms with van der Waals surface area (Å²) < 4.78 is 0. The number of carboxylic acids is 1. The highest BCUT2D eigenvalue weighted by atomic mass is 16.4. The summed E-state index contributed by atoms with van der Waals surface area (Å²) in [6, 6.07) is 3.21. The third-order valence-corrected chi connectivity index (χ3v) is 3.54. The van der Waals surface area contributed by atoms with E-state index >= 15 is 0 Å². The number of aromatic carboxylic acids is 1. The molecule has 1 aliphatic heterocycles. The van der Waals surface area contributed by atoms with Gasteiger partial charge in [-0.15, -0.1) is 0 Å². The van der Waals surface area contributed by atoms with Gasteiger partial charge in [0.1, 0.15) is 11.4 Å². The van der Waals surface area contributed by atoms with E-state index in [0.717, 1.165) is 25.9 Å². The Morgan fingerprint density at radius 3 is 2.72 bits per heavy atom. The molecule has 1 unspecified atom stereocenters. The Labute approximate surface area is 106 Å². The Kier molecular flexibility index (Phi) is 3.81. The zero-order chi connectivity index (χ0) is 13.1. The summed E-state index contributed by atoms with van der Waals surface area (Å²) in [7, 11) is 0. The summed E-state index contributed by atoms with van der Waals surface area (Å²) in [6.45, 7) is 3.30. The summed E-state index contributed by atoms with van der Waals surface area (Å²) in [5, 5.41) is 18.7. The van der Waals surface area contributed by atoms with Crippen LogP contribution >= 0.6 is 0 Å². The van der Waals surface area contributed by atoms with E-state index < -0.39 is 5.97 Å². The van der Waals surface area contributed by atoms with Gasteiger partial charge in [-0.3, -0.25) is 0 Å². The standard InChI is InChI=1S/C13H18N2O3/c1-9(16)10-4-7-15(8-5-10)12-11(13(17)18)3-2-6-14-12/h2-3,6,9-10,16H,4-5,7-8H2,1H3,(H,17,18). The molecule has 1 aromatic rings. The molecule has 0 saturated carbocycles. The first-order valence-corrected chi connectivity index (χ1v) is 6.21. The van der Waals surface area contributed by atoms with Gasteiger partial charge in [0.25, 0.3) is 0 Å². The number of carboxylic acid groups (broad SMARTS) is 1. The molecule has 5 nitrogen and oxygen atoms in total. The van der Waals surface area contributed by atoms with Gasteiger partial charge in [-0.05, 0) is 37.8 Å². The number of aliphatic hydroxyl groups is 1. The van der Waals surface area contributed by atoms with Crippen LogP contribution in [-0.2, 0) is 0 Å². The number of hydrogen-bond donors (Lipinski definition) is 2. The summed E-state index contributed by atoms with van der Waals surface area (Å²) >= 11 is 0. The fourth-order valence-electron chi connectivity index (χ4n) is 2.41. The molecule has 0 spiro atoms. The molecule has 2 heterocycles. The van der Waals surface area contributed by atoms with Gasteiger partial charge < -0.3 is 15.1 Å². The monoisotopic (exact) mass is 250 g/mol. The van der Waals surface area contributed by atoms with Crippen LogP contribution in [0.4, 0.5) is 5.82 Å². The minimum atomic E-state index is -0.948. The lowest BCUT2D eigenvalue weighted by molar-refractivity contribution is 0.0696. The summed E-state index contributed by atoms with van der Waals surface area (Å²) in [4.78, 5) is 17.3. The summed E-state index contributed by atoms with van der Waals surface area (Å²) in [6.07, 6.45) is 3.05. The Morgan fingerprint density at radius 1 is 1.50 bits per heavy atom. The van der Waals surface area contributed by atoms with Gasteiger partial charge >= 0.3 is 5.97 Å². The maximum absolute atomic E-state index is 11.1. The number of pyridine rings is 1. The molecule has 0 radical (unpaired) electrons. The lowest BCUT2D eigenvalue weighted by Crippen LogP contribution is -2.38. The highest BCUT2D eigenvalue weighted by Gasteiger charge is 2.25. The Morgan fingerprint density at radius 2 is 2.17 bits per heavy atom. The van der Waals surface area contributed by atoms with Crippen LogP contribution in [0.15, 0.2) is 18.3 Å². The molecule has 1 fully saturated rings. The molecule has 0 amide bonds. The highest BCUT2D eigenvalue weighted by molar-refractivity contribution is 5.93. The average molecular weight is 250 g/mol. The predicted octanol–water partition coefficient (Wildman–Crippen LogP) is 1.38. The van der Waals surface area contributed by atoms with Crippen LogP contribution < -0.4 is 4.90 Å².